The molecule has 6 nitrogen and oxygen atoms in total. The molecule has 2 N–H and O–H groups in total. The molecule has 0 aliphatic heterocycles. The number of anilines is 2. The molecule has 0 radical (unpaired) electrons. The van der Waals surface area contributed by atoms with Crippen LogP contribution in [0.5, 0.6) is 0 Å². The summed E-state index contributed by atoms with van der Waals surface area (Å²) in [6.45, 7) is 0. The van der Waals surface area contributed by atoms with E-state index in [-0.39, 0.29) is 35.3 Å². The summed E-state index contributed by atoms with van der Waals surface area (Å²) in [5.41, 5.74) is 2.93. The first-order chi connectivity index (χ1) is 17.4. The summed E-state index contributed by atoms with van der Waals surface area (Å²) in [6.07, 6.45) is 2.44. The summed E-state index contributed by atoms with van der Waals surface area (Å²) in [5, 5.41) is 10.4. The highest BCUT2D eigenvalue weighted by atomic mass is 32.1. The van der Waals surface area contributed by atoms with Crippen molar-refractivity contribution in [2.45, 2.75) is 25.7 Å². The molecule has 0 atom stereocenters. The van der Waals surface area contributed by atoms with Gasteiger partial charge < -0.3 is 10.6 Å². The molecule has 0 spiro atoms. The van der Waals surface area contributed by atoms with E-state index in [1.54, 1.807) is 24.3 Å². The van der Waals surface area contributed by atoms with E-state index >= 15 is 0 Å². The van der Waals surface area contributed by atoms with Gasteiger partial charge in [-0.15, -0.1) is 22.7 Å². The van der Waals surface area contributed by atoms with E-state index in [2.05, 4.69) is 20.6 Å². The van der Waals surface area contributed by atoms with Crippen LogP contribution in [0.2, 0.25) is 0 Å². The van der Waals surface area contributed by atoms with Gasteiger partial charge in [-0.3, -0.25) is 9.59 Å². The summed E-state index contributed by atoms with van der Waals surface area (Å²) in [6, 6.07) is 12.1. The predicted molar refractivity (Wildman–Crippen MR) is 138 cm³/mol. The van der Waals surface area contributed by atoms with Crippen LogP contribution >= 0.6 is 22.7 Å². The molecule has 5 rings (SSSR count). The van der Waals surface area contributed by atoms with E-state index < -0.39 is 0 Å². The number of hydrogen-bond acceptors (Lipinski definition) is 6. The second kappa shape index (κ2) is 10.6. The van der Waals surface area contributed by atoms with E-state index in [1.165, 1.54) is 46.9 Å². The molecule has 2 aromatic carbocycles. The van der Waals surface area contributed by atoms with Gasteiger partial charge in [0.05, 0.1) is 11.4 Å². The van der Waals surface area contributed by atoms with Crippen molar-refractivity contribution in [3.63, 3.8) is 0 Å². The number of thiazole rings is 2. The van der Waals surface area contributed by atoms with E-state index in [9.17, 15) is 18.4 Å². The van der Waals surface area contributed by atoms with Crippen LogP contribution in [0.15, 0.2) is 59.3 Å². The van der Waals surface area contributed by atoms with Crippen LogP contribution in [0.25, 0.3) is 22.5 Å². The van der Waals surface area contributed by atoms with Crippen LogP contribution in [0.3, 0.4) is 0 Å². The number of carbonyl (C=O) groups excluding carboxylic acids is 2. The third kappa shape index (κ3) is 5.66. The van der Waals surface area contributed by atoms with Crippen molar-refractivity contribution in [1.29, 1.82) is 0 Å². The molecule has 1 aliphatic carbocycles. The molecule has 10 heteroatoms. The fourth-order valence-electron chi connectivity index (χ4n) is 4.20. The molecule has 4 aromatic rings. The SMILES string of the molecule is O=C(Nc1nc(-c2ccc(F)cc2)cs1)C1CCC(C(=O)Nc2nc(-c3ccc(F)cc3)cs2)CC1. The number of aromatic nitrogens is 2. The first-order valence-corrected chi connectivity index (χ1v) is 13.3. The molecule has 0 unspecified atom stereocenters. The predicted octanol–water partition coefficient (Wildman–Crippen LogP) is 6.60. The first-order valence-electron chi connectivity index (χ1n) is 11.5. The van der Waals surface area contributed by atoms with E-state index in [0.29, 0.717) is 47.3 Å². The molecule has 2 aromatic heterocycles. The second-order valence-electron chi connectivity index (χ2n) is 8.62. The first kappa shape index (κ1) is 24.2. The van der Waals surface area contributed by atoms with Crippen molar-refractivity contribution in [2.24, 2.45) is 11.8 Å². The van der Waals surface area contributed by atoms with Gasteiger partial charge in [0.1, 0.15) is 11.6 Å². The third-order valence-electron chi connectivity index (χ3n) is 6.22. The van der Waals surface area contributed by atoms with Gasteiger partial charge in [0.15, 0.2) is 10.3 Å². The normalized spacial score (nSPS) is 17.5. The van der Waals surface area contributed by atoms with E-state index in [1.807, 2.05) is 10.8 Å². The third-order valence-corrected chi connectivity index (χ3v) is 7.73. The van der Waals surface area contributed by atoms with Crippen LogP contribution in [0.1, 0.15) is 25.7 Å². The molecule has 1 fully saturated rings. The average molecular weight is 525 g/mol. The molecule has 1 aliphatic rings. The van der Waals surface area contributed by atoms with Gasteiger partial charge in [0.25, 0.3) is 0 Å². The van der Waals surface area contributed by atoms with Crippen LogP contribution in [0, 0.1) is 23.5 Å². The minimum absolute atomic E-state index is 0.0993. The topological polar surface area (TPSA) is 84.0 Å². The molecule has 36 heavy (non-hydrogen) atoms. The second-order valence-corrected chi connectivity index (χ2v) is 10.3. The molecule has 184 valence electrons. The lowest BCUT2D eigenvalue weighted by Crippen LogP contribution is -2.31. The summed E-state index contributed by atoms with van der Waals surface area (Å²) in [7, 11) is 0. The van der Waals surface area contributed by atoms with Gasteiger partial charge in [-0.1, -0.05) is 0 Å². The van der Waals surface area contributed by atoms with E-state index in [4.69, 9.17) is 0 Å². The Hall–Kier alpha value is -3.50. The number of nitrogens with one attached hydrogen (secondary N) is 2. The number of nitrogens with zero attached hydrogens (tertiary/aromatic N) is 2. The largest absolute Gasteiger partial charge is 0.302 e. The lowest BCUT2D eigenvalue weighted by atomic mass is 9.81. The van der Waals surface area contributed by atoms with E-state index in [0.717, 1.165) is 11.1 Å². The molecule has 0 bridgehead atoms. The van der Waals surface area contributed by atoms with Gasteiger partial charge in [0.2, 0.25) is 11.8 Å². The molecule has 2 heterocycles. The summed E-state index contributed by atoms with van der Waals surface area (Å²) in [5.74, 6) is -1.19. The highest BCUT2D eigenvalue weighted by molar-refractivity contribution is 7.14. The lowest BCUT2D eigenvalue weighted by Gasteiger charge is -2.26. The highest BCUT2D eigenvalue weighted by Crippen LogP contribution is 2.32. The fraction of sp³-hybridized carbons (Fsp3) is 0.231. The summed E-state index contributed by atoms with van der Waals surface area (Å²) < 4.78 is 26.3. The van der Waals surface area contributed by atoms with Crippen molar-refractivity contribution >= 4 is 44.8 Å². The molecule has 0 saturated heterocycles. The smallest absolute Gasteiger partial charge is 0.229 e. The number of halogens is 2. The minimum atomic E-state index is -0.312. The standard InChI is InChI=1S/C26H22F2N4O2S2/c27-19-9-5-15(6-10-19)21-13-35-25(29-21)31-23(33)17-1-2-18(4-3-17)24(34)32-26-30-22(14-36-26)16-7-11-20(28)12-8-16/h5-14,17-18H,1-4H2,(H,29,31,33)(H,30,32,34). The van der Waals surface area contributed by atoms with Crippen LogP contribution in [-0.4, -0.2) is 21.8 Å². The van der Waals surface area contributed by atoms with Crippen molar-refractivity contribution < 1.29 is 18.4 Å². The number of amides is 2. The van der Waals surface area contributed by atoms with Gasteiger partial charge in [-0.05, 0) is 74.2 Å². The minimum Gasteiger partial charge on any atom is -0.302 e. The average Bonchev–Trinajstić information content (AvgIpc) is 3.55. The monoisotopic (exact) mass is 524 g/mol. The molecular weight excluding hydrogens is 502 g/mol. The zero-order valence-corrected chi connectivity index (χ0v) is 20.7. The Morgan fingerprint density at radius 3 is 1.39 bits per heavy atom. The Kier molecular flexibility index (Phi) is 7.15. The highest BCUT2D eigenvalue weighted by Gasteiger charge is 2.30. The fourth-order valence-corrected chi connectivity index (χ4v) is 5.65. The number of carbonyl (C=O) groups is 2. The van der Waals surface area contributed by atoms with Crippen LogP contribution in [-0.2, 0) is 9.59 Å². The Morgan fingerprint density at radius 2 is 1.03 bits per heavy atom. The van der Waals surface area contributed by atoms with Gasteiger partial charge in [-0.25, -0.2) is 18.7 Å². The summed E-state index contributed by atoms with van der Waals surface area (Å²) >= 11 is 2.65. The van der Waals surface area contributed by atoms with Crippen molar-refractivity contribution in [3.8, 4) is 22.5 Å². The zero-order chi connectivity index (χ0) is 25.1. The number of benzene rings is 2. The zero-order valence-electron chi connectivity index (χ0n) is 19.0. The number of rotatable bonds is 6. The van der Waals surface area contributed by atoms with Gasteiger partial charge >= 0.3 is 0 Å². The Labute approximate surface area is 214 Å². The Bertz CT molecular complexity index is 1260. The molecule has 2 amide bonds. The number of hydrogen-bond donors (Lipinski definition) is 2. The van der Waals surface area contributed by atoms with Gasteiger partial charge in [-0.2, -0.15) is 0 Å². The van der Waals surface area contributed by atoms with Crippen molar-refractivity contribution in [3.05, 3.63) is 70.9 Å². The quantitative estimate of drug-likeness (QED) is 0.298. The lowest BCUT2D eigenvalue weighted by molar-refractivity contribution is -0.125. The molecular formula is C26H22F2N4O2S2. The Morgan fingerprint density at radius 1 is 0.667 bits per heavy atom. The van der Waals surface area contributed by atoms with Crippen molar-refractivity contribution in [2.75, 3.05) is 10.6 Å². The van der Waals surface area contributed by atoms with Crippen LogP contribution < -0.4 is 10.6 Å². The summed E-state index contributed by atoms with van der Waals surface area (Å²) in [4.78, 5) is 34.4. The maximum Gasteiger partial charge on any atom is 0.229 e. The molecule has 1 saturated carbocycles. The maximum atomic E-state index is 13.1. The van der Waals surface area contributed by atoms with Gasteiger partial charge in [0, 0.05) is 33.7 Å². The van der Waals surface area contributed by atoms with Crippen LogP contribution in [0.4, 0.5) is 19.0 Å². The maximum absolute atomic E-state index is 13.1. The van der Waals surface area contributed by atoms with Crippen molar-refractivity contribution in [1.82, 2.24) is 9.97 Å². The Balaban J connectivity index is 1.11.